The van der Waals surface area contributed by atoms with Crippen LogP contribution in [0.5, 0.6) is 0 Å². The molecule has 14 heavy (non-hydrogen) atoms. The van der Waals surface area contributed by atoms with Gasteiger partial charge in [0.05, 0.1) is 24.0 Å². The molecule has 0 aromatic carbocycles. The summed E-state index contributed by atoms with van der Waals surface area (Å²) in [5, 5.41) is 10.8. The highest BCUT2D eigenvalue weighted by Crippen LogP contribution is 2.05. The Kier molecular flexibility index (Phi) is 3.01. The van der Waals surface area contributed by atoms with Gasteiger partial charge >= 0.3 is 12.0 Å². The summed E-state index contributed by atoms with van der Waals surface area (Å²) in [6, 6.07) is 2.37. The summed E-state index contributed by atoms with van der Waals surface area (Å²) in [6.07, 6.45) is 1.21. The molecule has 4 N–H and O–H groups in total. The van der Waals surface area contributed by atoms with Gasteiger partial charge in [0, 0.05) is 0 Å². The number of amides is 2. The first kappa shape index (κ1) is 9.97. The molecule has 6 heteroatoms. The highest BCUT2D eigenvalue weighted by atomic mass is 16.4. The zero-order chi connectivity index (χ0) is 10.6. The van der Waals surface area contributed by atoms with Gasteiger partial charge in [-0.15, -0.1) is 0 Å². The number of nitrogens with one attached hydrogen (secondary N) is 1. The quantitative estimate of drug-likeness (QED) is 0.640. The number of hydrogen-bond donors (Lipinski definition) is 3. The SMILES string of the molecule is NC(=O)Nc1ccc(CC(=O)O)nc1. The Morgan fingerprint density at radius 2 is 2.21 bits per heavy atom. The maximum absolute atomic E-state index is 10.4. The topological polar surface area (TPSA) is 105 Å². The second kappa shape index (κ2) is 4.22. The van der Waals surface area contributed by atoms with Crippen molar-refractivity contribution in [2.45, 2.75) is 6.42 Å². The molecule has 0 atom stereocenters. The number of anilines is 1. The lowest BCUT2D eigenvalue weighted by atomic mass is 10.2. The van der Waals surface area contributed by atoms with Gasteiger partial charge in [0.15, 0.2) is 0 Å². The van der Waals surface area contributed by atoms with Crippen LogP contribution in [0.2, 0.25) is 0 Å². The van der Waals surface area contributed by atoms with Crippen LogP contribution in [0.25, 0.3) is 0 Å². The molecule has 0 aliphatic heterocycles. The van der Waals surface area contributed by atoms with Gasteiger partial charge < -0.3 is 16.2 Å². The van der Waals surface area contributed by atoms with Gasteiger partial charge in [0.2, 0.25) is 0 Å². The van der Waals surface area contributed by atoms with E-state index in [-0.39, 0.29) is 6.42 Å². The van der Waals surface area contributed by atoms with Crippen molar-refractivity contribution in [2.75, 3.05) is 5.32 Å². The van der Waals surface area contributed by atoms with E-state index in [4.69, 9.17) is 10.8 Å². The number of pyridine rings is 1. The average Bonchev–Trinajstić information content (AvgIpc) is 2.06. The van der Waals surface area contributed by atoms with E-state index in [1.165, 1.54) is 18.3 Å². The highest BCUT2D eigenvalue weighted by Gasteiger charge is 2.02. The van der Waals surface area contributed by atoms with Gasteiger partial charge in [-0.3, -0.25) is 9.78 Å². The van der Waals surface area contributed by atoms with Crippen molar-refractivity contribution in [3.05, 3.63) is 24.0 Å². The number of primary amides is 1. The van der Waals surface area contributed by atoms with Crippen LogP contribution >= 0.6 is 0 Å². The fourth-order valence-electron chi connectivity index (χ4n) is 0.900. The highest BCUT2D eigenvalue weighted by molar-refractivity contribution is 5.87. The first-order valence-electron chi connectivity index (χ1n) is 3.81. The summed E-state index contributed by atoms with van der Waals surface area (Å²) in [4.78, 5) is 24.5. The Hall–Kier alpha value is -2.11. The molecule has 0 fully saturated rings. The fourth-order valence-corrected chi connectivity index (χ4v) is 0.900. The summed E-state index contributed by atoms with van der Waals surface area (Å²) in [5.74, 6) is -0.951. The molecular formula is C8H9N3O3. The molecular weight excluding hydrogens is 186 g/mol. The number of hydrogen-bond acceptors (Lipinski definition) is 3. The molecule has 1 aromatic rings. The molecule has 0 radical (unpaired) electrons. The molecule has 0 aliphatic carbocycles. The molecule has 0 spiro atoms. The van der Waals surface area contributed by atoms with Gasteiger partial charge in [0.1, 0.15) is 0 Å². The van der Waals surface area contributed by atoms with Crippen LogP contribution in [0.3, 0.4) is 0 Å². The second-order valence-corrected chi connectivity index (χ2v) is 2.60. The van der Waals surface area contributed by atoms with E-state index < -0.39 is 12.0 Å². The Morgan fingerprint density at radius 3 is 2.64 bits per heavy atom. The number of nitrogens with two attached hydrogens (primary N) is 1. The Balaban J connectivity index is 2.68. The zero-order valence-corrected chi connectivity index (χ0v) is 7.23. The lowest BCUT2D eigenvalue weighted by molar-refractivity contribution is -0.136. The van der Waals surface area contributed by atoms with Crippen molar-refractivity contribution in [1.82, 2.24) is 4.98 Å². The molecule has 2 amide bonds. The van der Waals surface area contributed by atoms with E-state index in [1.807, 2.05) is 0 Å². The number of aliphatic carboxylic acids is 1. The predicted molar refractivity (Wildman–Crippen MR) is 48.8 cm³/mol. The van der Waals surface area contributed by atoms with E-state index >= 15 is 0 Å². The maximum Gasteiger partial charge on any atom is 0.316 e. The predicted octanol–water partition coefficient (Wildman–Crippen LogP) is 0.199. The van der Waals surface area contributed by atoms with Crippen LogP contribution in [0.15, 0.2) is 18.3 Å². The van der Waals surface area contributed by atoms with Gasteiger partial charge in [-0.25, -0.2) is 4.79 Å². The number of rotatable bonds is 3. The molecule has 74 valence electrons. The van der Waals surface area contributed by atoms with Crippen LogP contribution in [0.1, 0.15) is 5.69 Å². The van der Waals surface area contributed by atoms with Crippen molar-refractivity contribution in [3.8, 4) is 0 Å². The van der Waals surface area contributed by atoms with Crippen LogP contribution in [-0.4, -0.2) is 22.1 Å². The molecule has 0 saturated heterocycles. The monoisotopic (exact) mass is 195 g/mol. The number of carbonyl (C=O) groups is 2. The number of aromatic nitrogens is 1. The smallest absolute Gasteiger partial charge is 0.316 e. The van der Waals surface area contributed by atoms with Gasteiger partial charge in [0.25, 0.3) is 0 Å². The Bertz CT molecular complexity index is 312. The van der Waals surface area contributed by atoms with Crippen LogP contribution in [0.4, 0.5) is 10.5 Å². The number of nitrogens with zero attached hydrogens (tertiary/aromatic N) is 1. The lowest BCUT2D eigenvalue weighted by Crippen LogP contribution is -2.19. The molecule has 1 heterocycles. The number of urea groups is 1. The Morgan fingerprint density at radius 1 is 1.50 bits per heavy atom. The molecule has 0 unspecified atom stereocenters. The van der Waals surface area contributed by atoms with E-state index in [0.29, 0.717) is 11.4 Å². The standard InChI is InChI=1S/C8H9N3O3/c9-8(14)11-6-2-1-5(10-4-6)3-7(12)13/h1-2,4H,3H2,(H,12,13)(H3,9,11,14). The maximum atomic E-state index is 10.4. The summed E-state index contributed by atoms with van der Waals surface area (Å²) in [5.41, 5.74) is 5.73. The number of carboxylic acids is 1. The van der Waals surface area contributed by atoms with Crippen molar-refractivity contribution < 1.29 is 14.7 Å². The van der Waals surface area contributed by atoms with Gasteiger partial charge in [-0.2, -0.15) is 0 Å². The van der Waals surface area contributed by atoms with Crippen molar-refractivity contribution >= 4 is 17.7 Å². The summed E-state index contributed by atoms with van der Waals surface area (Å²) < 4.78 is 0. The van der Waals surface area contributed by atoms with Crippen LogP contribution < -0.4 is 11.1 Å². The second-order valence-electron chi connectivity index (χ2n) is 2.60. The third kappa shape index (κ3) is 3.10. The first-order chi connectivity index (χ1) is 6.58. The fraction of sp³-hybridized carbons (Fsp3) is 0.125. The third-order valence-electron chi connectivity index (χ3n) is 1.42. The van der Waals surface area contributed by atoms with Gasteiger partial charge in [-0.05, 0) is 12.1 Å². The molecule has 0 bridgehead atoms. The van der Waals surface area contributed by atoms with Crippen LogP contribution in [-0.2, 0) is 11.2 Å². The van der Waals surface area contributed by atoms with E-state index in [1.54, 1.807) is 0 Å². The van der Waals surface area contributed by atoms with E-state index in [2.05, 4.69) is 10.3 Å². The Labute approximate surface area is 79.8 Å². The first-order valence-corrected chi connectivity index (χ1v) is 3.81. The number of carbonyl (C=O) groups excluding carboxylic acids is 1. The average molecular weight is 195 g/mol. The molecule has 0 saturated carbocycles. The number of carboxylic acid groups (broad SMARTS) is 1. The molecule has 6 nitrogen and oxygen atoms in total. The zero-order valence-electron chi connectivity index (χ0n) is 7.23. The van der Waals surface area contributed by atoms with Crippen molar-refractivity contribution in [2.24, 2.45) is 5.73 Å². The normalized spacial score (nSPS) is 9.43. The largest absolute Gasteiger partial charge is 0.481 e. The molecule has 1 aromatic heterocycles. The summed E-state index contributed by atoms with van der Waals surface area (Å²) in [6.45, 7) is 0. The third-order valence-corrected chi connectivity index (χ3v) is 1.42. The van der Waals surface area contributed by atoms with Crippen molar-refractivity contribution in [3.63, 3.8) is 0 Å². The minimum Gasteiger partial charge on any atom is -0.481 e. The summed E-state index contributed by atoms with van der Waals surface area (Å²) in [7, 11) is 0. The van der Waals surface area contributed by atoms with Gasteiger partial charge in [-0.1, -0.05) is 0 Å². The minimum absolute atomic E-state index is 0.142. The van der Waals surface area contributed by atoms with Crippen molar-refractivity contribution in [1.29, 1.82) is 0 Å². The van der Waals surface area contributed by atoms with Crippen LogP contribution in [0, 0.1) is 0 Å². The lowest BCUT2D eigenvalue weighted by Gasteiger charge is -2.01. The minimum atomic E-state index is -0.951. The van der Waals surface area contributed by atoms with E-state index in [0.717, 1.165) is 0 Å². The molecule has 0 aliphatic rings. The molecule has 1 rings (SSSR count). The summed E-state index contributed by atoms with van der Waals surface area (Å²) >= 11 is 0. The van der Waals surface area contributed by atoms with E-state index in [9.17, 15) is 9.59 Å².